The molecule has 4 rings (SSSR count). The summed E-state index contributed by atoms with van der Waals surface area (Å²) in [4.78, 5) is 30.4. The number of rotatable bonds is 8. The molecule has 2 aromatic rings. The zero-order valence-electron chi connectivity index (χ0n) is 19.6. The predicted octanol–water partition coefficient (Wildman–Crippen LogP) is 4.63. The maximum Gasteiger partial charge on any atom is 0.230 e. The highest BCUT2D eigenvalue weighted by atomic mass is 16.2. The molecule has 33 heavy (non-hydrogen) atoms. The minimum absolute atomic E-state index is 0.0825. The number of para-hydroxylation sites is 1. The first-order chi connectivity index (χ1) is 16.2. The van der Waals surface area contributed by atoms with Crippen molar-refractivity contribution in [3.05, 3.63) is 66.2 Å². The standard InChI is InChI=1S/C28H37N3O2/c32-27(29-22-23-10-4-1-5-11-23)24-16-18-30(19-17-24)20-21-31(26-14-8-3-9-15-26)28(33)25-12-6-2-7-13-25/h1,3-5,8-11,14-15,24-25H,2,6-7,12-13,16-22H2,(H,29,32). The van der Waals surface area contributed by atoms with Crippen molar-refractivity contribution >= 4 is 17.5 Å². The van der Waals surface area contributed by atoms with E-state index >= 15 is 0 Å². The Bertz CT molecular complexity index is 873. The van der Waals surface area contributed by atoms with E-state index in [1.807, 2.05) is 65.6 Å². The molecule has 2 amide bonds. The third-order valence-electron chi connectivity index (χ3n) is 7.20. The molecule has 1 saturated heterocycles. The van der Waals surface area contributed by atoms with E-state index in [0.717, 1.165) is 56.6 Å². The first-order valence-corrected chi connectivity index (χ1v) is 12.6. The Balaban J connectivity index is 1.26. The number of hydrogen-bond donors (Lipinski definition) is 1. The fourth-order valence-electron chi connectivity index (χ4n) is 5.13. The van der Waals surface area contributed by atoms with Crippen molar-refractivity contribution in [3.8, 4) is 0 Å². The third-order valence-corrected chi connectivity index (χ3v) is 7.20. The highest BCUT2D eigenvalue weighted by Crippen LogP contribution is 2.28. The molecule has 1 N–H and O–H groups in total. The number of carbonyl (C=O) groups excluding carboxylic acids is 2. The van der Waals surface area contributed by atoms with Crippen LogP contribution in [-0.2, 0) is 16.1 Å². The molecule has 0 spiro atoms. The lowest BCUT2D eigenvalue weighted by Gasteiger charge is -2.34. The van der Waals surface area contributed by atoms with Crippen LogP contribution >= 0.6 is 0 Å². The van der Waals surface area contributed by atoms with Crippen molar-refractivity contribution in [2.75, 3.05) is 31.1 Å². The van der Waals surface area contributed by atoms with Gasteiger partial charge in [0.1, 0.15) is 0 Å². The molecule has 0 unspecified atom stereocenters. The number of hydrogen-bond acceptors (Lipinski definition) is 3. The smallest absolute Gasteiger partial charge is 0.230 e. The summed E-state index contributed by atoms with van der Waals surface area (Å²) in [6.07, 6.45) is 7.38. The lowest BCUT2D eigenvalue weighted by atomic mass is 9.88. The van der Waals surface area contributed by atoms with E-state index in [2.05, 4.69) is 10.2 Å². The van der Waals surface area contributed by atoms with Crippen LogP contribution in [0.4, 0.5) is 5.69 Å². The Morgan fingerprint density at radius 1 is 0.818 bits per heavy atom. The second-order valence-electron chi connectivity index (χ2n) is 9.48. The Kier molecular flexibility index (Phi) is 8.53. The van der Waals surface area contributed by atoms with E-state index in [0.29, 0.717) is 13.1 Å². The van der Waals surface area contributed by atoms with Gasteiger partial charge in [0.15, 0.2) is 0 Å². The van der Waals surface area contributed by atoms with Gasteiger partial charge in [-0.2, -0.15) is 0 Å². The number of carbonyl (C=O) groups is 2. The fourth-order valence-corrected chi connectivity index (χ4v) is 5.13. The van der Waals surface area contributed by atoms with E-state index in [4.69, 9.17) is 0 Å². The molecule has 0 atom stereocenters. The molecule has 1 saturated carbocycles. The number of amides is 2. The van der Waals surface area contributed by atoms with Gasteiger partial charge in [0.25, 0.3) is 0 Å². The summed E-state index contributed by atoms with van der Waals surface area (Å²) in [6.45, 7) is 3.97. The molecule has 0 radical (unpaired) electrons. The van der Waals surface area contributed by atoms with Crippen LogP contribution in [0.25, 0.3) is 0 Å². The highest BCUT2D eigenvalue weighted by molar-refractivity contribution is 5.95. The van der Waals surface area contributed by atoms with E-state index in [1.54, 1.807) is 0 Å². The van der Waals surface area contributed by atoms with E-state index in [9.17, 15) is 9.59 Å². The number of benzene rings is 2. The number of anilines is 1. The Morgan fingerprint density at radius 2 is 1.45 bits per heavy atom. The van der Waals surface area contributed by atoms with Crippen molar-refractivity contribution in [1.82, 2.24) is 10.2 Å². The fraction of sp³-hybridized carbons (Fsp3) is 0.500. The Labute approximate surface area is 198 Å². The first-order valence-electron chi connectivity index (χ1n) is 12.6. The SMILES string of the molecule is O=C(NCc1ccccc1)C1CCN(CCN(C(=O)C2CCCCC2)c2ccccc2)CC1. The molecular formula is C28H37N3O2. The van der Waals surface area contributed by atoms with Gasteiger partial charge in [0.2, 0.25) is 11.8 Å². The lowest BCUT2D eigenvalue weighted by molar-refractivity contribution is -0.126. The zero-order chi connectivity index (χ0) is 22.9. The number of likely N-dealkylation sites (tertiary alicyclic amines) is 1. The summed E-state index contributed by atoms with van der Waals surface area (Å²) < 4.78 is 0. The summed E-state index contributed by atoms with van der Waals surface area (Å²) in [5, 5.41) is 3.10. The summed E-state index contributed by atoms with van der Waals surface area (Å²) in [6, 6.07) is 20.2. The number of nitrogens with zero attached hydrogens (tertiary/aromatic N) is 2. The quantitative estimate of drug-likeness (QED) is 0.642. The van der Waals surface area contributed by atoms with Gasteiger partial charge in [0.05, 0.1) is 0 Å². The van der Waals surface area contributed by atoms with Crippen LogP contribution in [-0.4, -0.2) is 42.9 Å². The molecule has 1 aliphatic heterocycles. The van der Waals surface area contributed by atoms with Gasteiger partial charge in [-0.25, -0.2) is 0 Å². The van der Waals surface area contributed by atoms with Crippen molar-refractivity contribution in [3.63, 3.8) is 0 Å². The Hall–Kier alpha value is -2.66. The molecule has 1 aliphatic carbocycles. The maximum atomic E-state index is 13.4. The molecule has 176 valence electrons. The van der Waals surface area contributed by atoms with Crippen LogP contribution in [0.1, 0.15) is 50.5 Å². The van der Waals surface area contributed by atoms with Gasteiger partial charge in [-0.15, -0.1) is 0 Å². The minimum atomic E-state index is 0.0825. The summed E-state index contributed by atoms with van der Waals surface area (Å²) in [5.74, 6) is 0.699. The highest BCUT2D eigenvalue weighted by Gasteiger charge is 2.29. The molecule has 2 fully saturated rings. The van der Waals surface area contributed by atoms with Gasteiger partial charge in [-0.3, -0.25) is 9.59 Å². The number of piperidine rings is 1. The monoisotopic (exact) mass is 447 g/mol. The number of nitrogens with one attached hydrogen (secondary N) is 1. The van der Waals surface area contributed by atoms with Crippen LogP contribution in [0.3, 0.4) is 0 Å². The molecule has 5 heteroatoms. The second-order valence-corrected chi connectivity index (χ2v) is 9.48. The van der Waals surface area contributed by atoms with Crippen LogP contribution in [0.2, 0.25) is 0 Å². The normalized spacial score (nSPS) is 18.1. The van der Waals surface area contributed by atoms with Crippen molar-refractivity contribution in [2.24, 2.45) is 11.8 Å². The Morgan fingerprint density at radius 3 is 2.12 bits per heavy atom. The van der Waals surface area contributed by atoms with Crippen LogP contribution in [0.15, 0.2) is 60.7 Å². The predicted molar refractivity (Wildman–Crippen MR) is 133 cm³/mol. The van der Waals surface area contributed by atoms with E-state index in [1.165, 1.54) is 19.3 Å². The van der Waals surface area contributed by atoms with Gasteiger partial charge < -0.3 is 15.1 Å². The van der Waals surface area contributed by atoms with E-state index < -0.39 is 0 Å². The molecule has 2 aliphatic rings. The lowest BCUT2D eigenvalue weighted by Crippen LogP contribution is -2.45. The van der Waals surface area contributed by atoms with Crippen LogP contribution in [0.5, 0.6) is 0 Å². The van der Waals surface area contributed by atoms with Gasteiger partial charge in [0, 0.05) is 37.2 Å². The van der Waals surface area contributed by atoms with Gasteiger partial charge >= 0.3 is 0 Å². The van der Waals surface area contributed by atoms with E-state index in [-0.39, 0.29) is 23.7 Å². The first kappa shape index (κ1) is 23.5. The molecular weight excluding hydrogens is 410 g/mol. The van der Waals surface area contributed by atoms with Crippen molar-refractivity contribution in [1.29, 1.82) is 0 Å². The van der Waals surface area contributed by atoms with Crippen LogP contribution in [0, 0.1) is 11.8 Å². The molecule has 2 aromatic carbocycles. The average Bonchev–Trinajstić information content (AvgIpc) is 2.89. The molecule has 0 aromatic heterocycles. The van der Waals surface area contributed by atoms with Crippen molar-refractivity contribution in [2.45, 2.75) is 51.5 Å². The summed E-state index contributed by atoms with van der Waals surface area (Å²) in [5.41, 5.74) is 2.13. The van der Waals surface area contributed by atoms with Crippen LogP contribution < -0.4 is 10.2 Å². The third kappa shape index (κ3) is 6.67. The average molecular weight is 448 g/mol. The summed E-state index contributed by atoms with van der Waals surface area (Å²) in [7, 11) is 0. The molecule has 1 heterocycles. The maximum absolute atomic E-state index is 13.4. The second kappa shape index (κ2) is 12.0. The van der Waals surface area contributed by atoms with Gasteiger partial charge in [-0.1, -0.05) is 67.8 Å². The molecule has 5 nitrogen and oxygen atoms in total. The topological polar surface area (TPSA) is 52.7 Å². The summed E-state index contributed by atoms with van der Waals surface area (Å²) >= 11 is 0. The molecule has 0 bridgehead atoms. The minimum Gasteiger partial charge on any atom is -0.352 e. The van der Waals surface area contributed by atoms with Gasteiger partial charge in [-0.05, 0) is 56.5 Å². The van der Waals surface area contributed by atoms with Crippen molar-refractivity contribution < 1.29 is 9.59 Å². The zero-order valence-corrected chi connectivity index (χ0v) is 19.6. The largest absolute Gasteiger partial charge is 0.352 e.